The van der Waals surface area contributed by atoms with Gasteiger partial charge in [-0.1, -0.05) is 33.6 Å². The fraction of sp³-hybridized carbons (Fsp3) is 0.786. The van der Waals surface area contributed by atoms with Gasteiger partial charge in [0, 0.05) is 19.6 Å². The van der Waals surface area contributed by atoms with E-state index in [0.29, 0.717) is 5.92 Å². The summed E-state index contributed by atoms with van der Waals surface area (Å²) in [5.74, 6) is 0.717. The first-order valence-corrected chi connectivity index (χ1v) is 7.15. The Labute approximate surface area is 111 Å². The van der Waals surface area contributed by atoms with Gasteiger partial charge in [0.05, 0.1) is 5.69 Å². The van der Waals surface area contributed by atoms with Crippen LogP contribution in [0, 0.1) is 5.92 Å². The third-order valence-electron chi connectivity index (χ3n) is 3.38. The number of oxazole rings is 1. The van der Waals surface area contributed by atoms with Crippen LogP contribution >= 0.6 is 0 Å². The second kappa shape index (κ2) is 8.14. The van der Waals surface area contributed by atoms with Gasteiger partial charge in [0.25, 0.3) is 6.01 Å². The third kappa shape index (κ3) is 4.33. The van der Waals surface area contributed by atoms with Gasteiger partial charge >= 0.3 is 0 Å². The molecule has 0 spiro atoms. The van der Waals surface area contributed by atoms with Crippen molar-refractivity contribution in [3.05, 3.63) is 12.0 Å². The molecular weight excluding hydrogens is 226 g/mol. The molecule has 0 fully saturated rings. The van der Waals surface area contributed by atoms with Crippen molar-refractivity contribution < 1.29 is 4.42 Å². The Morgan fingerprint density at radius 3 is 2.56 bits per heavy atom. The highest BCUT2D eigenvalue weighted by molar-refractivity contribution is 5.26. The van der Waals surface area contributed by atoms with E-state index in [9.17, 15) is 0 Å². The van der Waals surface area contributed by atoms with E-state index in [-0.39, 0.29) is 0 Å². The molecule has 0 unspecified atom stereocenters. The summed E-state index contributed by atoms with van der Waals surface area (Å²) in [7, 11) is 0. The number of hydrogen-bond donors (Lipinski definition) is 1. The minimum absolute atomic E-state index is 0.717. The van der Waals surface area contributed by atoms with E-state index < -0.39 is 0 Å². The summed E-state index contributed by atoms with van der Waals surface area (Å²) < 4.78 is 5.58. The topological polar surface area (TPSA) is 41.3 Å². The van der Waals surface area contributed by atoms with E-state index in [0.717, 1.165) is 37.9 Å². The van der Waals surface area contributed by atoms with Crippen LogP contribution in [0.5, 0.6) is 0 Å². The first-order chi connectivity index (χ1) is 8.74. The molecule has 0 saturated heterocycles. The fourth-order valence-electron chi connectivity index (χ4n) is 1.98. The number of anilines is 1. The van der Waals surface area contributed by atoms with Crippen molar-refractivity contribution in [1.82, 2.24) is 10.3 Å². The lowest BCUT2D eigenvalue weighted by atomic mass is 10.0. The zero-order valence-electron chi connectivity index (χ0n) is 12.2. The largest absolute Gasteiger partial charge is 0.432 e. The Morgan fingerprint density at radius 2 is 2.00 bits per heavy atom. The third-order valence-corrected chi connectivity index (χ3v) is 3.38. The van der Waals surface area contributed by atoms with E-state index in [1.165, 1.54) is 12.8 Å². The van der Waals surface area contributed by atoms with Crippen LogP contribution in [0.25, 0.3) is 0 Å². The molecule has 1 aromatic heterocycles. The van der Waals surface area contributed by atoms with Crippen LogP contribution in [0.4, 0.5) is 6.01 Å². The molecule has 4 nitrogen and oxygen atoms in total. The normalized spacial score (nSPS) is 11.2. The molecule has 1 aromatic rings. The number of nitrogens with one attached hydrogen (secondary N) is 1. The summed E-state index contributed by atoms with van der Waals surface area (Å²) in [6.45, 7) is 12.4. The summed E-state index contributed by atoms with van der Waals surface area (Å²) in [5, 5.41) is 3.26. The average molecular weight is 253 g/mol. The highest BCUT2D eigenvalue weighted by Gasteiger charge is 2.15. The number of aromatic nitrogens is 1. The van der Waals surface area contributed by atoms with E-state index in [4.69, 9.17) is 4.42 Å². The predicted octanol–water partition coefficient (Wildman–Crippen LogP) is 3.05. The summed E-state index contributed by atoms with van der Waals surface area (Å²) in [6, 6.07) is 0.761. The Hall–Kier alpha value is -1.03. The van der Waals surface area contributed by atoms with E-state index in [2.05, 4.69) is 42.9 Å². The molecule has 1 N–H and O–H groups in total. The zero-order valence-corrected chi connectivity index (χ0v) is 12.2. The average Bonchev–Trinajstić information content (AvgIpc) is 2.86. The molecule has 0 aliphatic rings. The molecule has 0 aliphatic heterocycles. The van der Waals surface area contributed by atoms with Gasteiger partial charge < -0.3 is 14.6 Å². The second-order valence-electron chi connectivity index (χ2n) is 4.62. The molecule has 18 heavy (non-hydrogen) atoms. The Balaban J connectivity index is 2.61. The van der Waals surface area contributed by atoms with Crippen molar-refractivity contribution in [2.24, 2.45) is 5.92 Å². The Bertz CT molecular complexity index is 321. The van der Waals surface area contributed by atoms with Gasteiger partial charge in [0.15, 0.2) is 0 Å². The van der Waals surface area contributed by atoms with Crippen molar-refractivity contribution in [3.8, 4) is 0 Å². The smallest absolute Gasteiger partial charge is 0.297 e. The predicted molar refractivity (Wildman–Crippen MR) is 75.8 cm³/mol. The summed E-state index contributed by atoms with van der Waals surface area (Å²) in [5.41, 5.74) is 0.981. The monoisotopic (exact) mass is 253 g/mol. The lowest BCUT2D eigenvalue weighted by Crippen LogP contribution is -2.29. The quantitative estimate of drug-likeness (QED) is 0.734. The molecule has 0 amide bonds. The van der Waals surface area contributed by atoms with Gasteiger partial charge in [0.1, 0.15) is 6.26 Å². The van der Waals surface area contributed by atoms with E-state index >= 15 is 0 Å². The summed E-state index contributed by atoms with van der Waals surface area (Å²) >= 11 is 0. The van der Waals surface area contributed by atoms with Crippen molar-refractivity contribution >= 4 is 6.01 Å². The van der Waals surface area contributed by atoms with Crippen LogP contribution in [0.1, 0.15) is 46.2 Å². The van der Waals surface area contributed by atoms with Crippen molar-refractivity contribution in [3.63, 3.8) is 0 Å². The van der Waals surface area contributed by atoms with Gasteiger partial charge in [0.2, 0.25) is 0 Å². The first kappa shape index (κ1) is 15.0. The molecule has 0 atom stereocenters. The van der Waals surface area contributed by atoms with Gasteiger partial charge in [-0.15, -0.1) is 0 Å². The van der Waals surface area contributed by atoms with Crippen LogP contribution in [-0.4, -0.2) is 24.6 Å². The lowest BCUT2D eigenvalue weighted by Gasteiger charge is -2.23. The molecule has 4 heteroatoms. The van der Waals surface area contributed by atoms with Crippen LogP contribution in [0.2, 0.25) is 0 Å². The molecule has 0 radical (unpaired) electrons. The zero-order chi connectivity index (χ0) is 13.4. The van der Waals surface area contributed by atoms with Crippen LogP contribution in [0.3, 0.4) is 0 Å². The number of rotatable bonds is 9. The highest BCUT2D eigenvalue weighted by atomic mass is 16.4. The van der Waals surface area contributed by atoms with E-state index in [1.54, 1.807) is 6.26 Å². The van der Waals surface area contributed by atoms with Gasteiger partial charge in [-0.25, -0.2) is 0 Å². The molecular formula is C14H27N3O. The van der Waals surface area contributed by atoms with Crippen LogP contribution < -0.4 is 10.2 Å². The second-order valence-corrected chi connectivity index (χ2v) is 4.62. The molecule has 0 saturated carbocycles. The van der Waals surface area contributed by atoms with Crippen molar-refractivity contribution in [1.29, 1.82) is 0 Å². The minimum atomic E-state index is 0.717. The lowest BCUT2D eigenvalue weighted by molar-refractivity contribution is 0.456. The fourth-order valence-corrected chi connectivity index (χ4v) is 1.98. The molecule has 0 bridgehead atoms. The maximum absolute atomic E-state index is 5.58. The van der Waals surface area contributed by atoms with Gasteiger partial charge in [-0.05, 0) is 19.4 Å². The van der Waals surface area contributed by atoms with Gasteiger partial charge in [-0.2, -0.15) is 4.98 Å². The first-order valence-electron chi connectivity index (χ1n) is 7.15. The van der Waals surface area contributed by atoms with Gasteiger partial charge in [-0.3, -0.25) is 0 Å². The molecule has 0 aromatic carbocycles. The summed E-state index contributed by atoms with van der Waals surface area (Å²) in [6.07, 6.45) is 4.17. The van der Waals surface area contributed by atoms with Crippen LogP contribution in [-0.2, 0) is 6.54 Å². The summed E-state index contributed by atoms with van der Waals surface area (Å²) in [4.78, 5) is 6.77. The van der Waals surface area contributed by atoms with Crippen LogP contribution in [0.15, 0.2) is 10.7 Å². The Morgan fingerprint density at radius 1 is 1.28 bits per heavy atom. The van der Waals surface area contributed by atoms with Crippen molar-refractivity contribution in [2.75, 3.05) is 24.5 Å². The maximum atomic E-state index is 5.58. The maximum Gasteiger partial charge on any atom is 0.297 e. The van der Waals surface area contributed by atoms with Crippen molar-refractivity contribution in [2.45, 2.75) is 47.1 Å². The molecule has 0 aliphatic carbocycles. The Kier molecular flexibility index (Phi) is 6.80. The number of nitrogens with zero attached hydrogens (tertiary/aromatic N) is 2. The SMILES string of the molecule is CCNCc1coc(N(CC)CC(CC)CC)n1. The molecule has 1 rings (SSSR count). The molecule has 1 heterocycles. The number of hydrogen-bond acceptors (Lipinski definition) is 4. The molecule has 104 valence electrons. The highest BCUT2D eigenvalue weighted by Crippen LogP contribution is 2.17. The standard InChI is InChI=1S/C14H27N3O/c1-5-12(6-2)10-17(8-4)14-16-13(11-18-14)9-15-7-3/h11-12,15H,5-10H2,1-4H3. The van der Waals surface area contributed by atoms with E-state index in [1.807, 2.05) is 0 Å². The minimum Gasteiger partial charge on any atom is -0.432 e.